The summed E-state index contributed by atoms with van der Waals surface area (Å²) in [6.07, 6.45) is 6.51. The van der Waals surface area contributed by atoms with E-state index in [0.29, 0.717) is 24.4 Å². The molecule has 1 heterocycles. The van der Waals surface area contributed by atoms with E-state index in [1.807, 2.05) is 6.92 Å². The van der Waals surface area contributed by atoms with E-state index in [9.17, 15) is 4.79 Å². The van der Waals surface area contributed by atoms with Gasteiger partial charge in [-0.1, -0.05) is 6.42 Å². The minimum atomic E-state index is 0.176. The summed E-state index contributed by atoms with van der Waals surface area (Å²) in [4.78, 5) is 18.2. The number of thiazole rings is 1. The zero-order chi connectivity index (χ0) is 15.7. The Labute approximate surface area is 136 Å². The maximum atomic E-state index is 12.4. The maximum absolute atomic E-state index is 12.4. The molecule has 22 heavy (non-hydrogen) atoms. The molecule has 2 atom stereocenters. The molecule has 2 unspecified atom stereocenters. The van der Waals surface area contributed by atoms with E-state index in [2.05, 4.69) is 17.2 Å². The first-order chi connectivity index (χ1) is 10.5. The molecule has 1 aromatic rings. The van der Waals surface area contributed by atoms with Crippen molar-refractivity contribution >= 4 is 17.2 Å². The molecular formula is C17H27N3OS. The van der Waals surface area contributed by atoms with Gasteiger partial charge in [0.2, 0.25) is 5.91 Å². The normalized spacial score (nSPS) is 31.0. The lowest BCUT2D eigenvalue weighted by molar-refractivity contribution is -0.127. The molecule has 3 rings (SSSR count). The molecule has 2 saturated carbocycles. The Hall–Kier alpha value is -0.940. The average Bonchev–Trinajstić information content (AvgIpc) is 2.77. The van der Waals surface area contributed by atoms with Gasteiger partial charge in [-0.2, -0.15) is 0 Å². The summed E-state index contributed by atoms with van der Waals surface area (Å²) in [5, 5.41) is 4.24. The van der Waals surface area contributed by atoms with E-state index in [1.165, 1.54) is 24.1 Å². The van der Waals surface area contributed by atoms with E-state index in [0.717, 1.165) is 30.0 Å². The Bertz CT molecular complexity index is 509. The number of amides is 1. The highest BCUT2D eigenvalue weighted by Gasteiger charge is 2.40. The van der Waals surface area contributed by atoms with Crippen LogP contribution in [0.25, 0.3) is 0 Å². The smallest absolute Gasteiger partial charge is 0.223 e. The minimum Gasteiger partial charge on any atom is -0.355 e. The van der Waals surface area contributed by atoms with Gasteiger partial charge in [0.1, 0.15) is 0 Å². The van der Waals surface area contributed by atoms with Crippen molar-refractivity contribution in [3.8, 4) is 0 Å². The third-order valence-corrected chi connectivity index (χ3v) is 6.63. The predicted molar refractivity (Wildman–Crippen MR) is 89.8 cm³/mol. The fraction of sp³-hybridized carbons (Fsp3) is 0.765. The van der Waals surface area contributed by atoms with Crippen molar-refractivity contribution in [2.24, 2.45) is 23.5 Å². The van der Waals surface area contributed by atoms with Gasteiger partial charge in [-0.15, -0.1) is 11.3 Å². The van der Waals surface area contributed by atoms with Crippen molar-refractivity contribution in [1.29, 1.82) is 0 Å². The van der Waals surface area contributed by atoms with Crippen LogP contribution in [0.15, 0.2) is 0 Å². The molecule has 2 aliphatic carbocycles. The van der Waals surface area contributed by atoms with E-state index < -0.39 is 0 Å². The third-order valence-electron chi connectivity index (χ3n) is 5.49. The number of fused-ring (bicyclic) bond motifs is 2. The summed E-state index contributed by atoms with van der Waals surface area (Å²) in [5.41, 5.74) is 7.41. The number of carbonyl (C=O) groups excluding carboxylic acids is 1. The first-order valence-electron chi connectivity index (χ1n) is 8.50. The van der Waals surface area contributed by atoms with Crippen LogP contribution in [-0.4, -0.2) is 23.5 Å². The van der Waals surface area contributed by atoms with E-state index in [4.69, 9.17) is 5.73 Å². The molecule has 2 fully saturated rings. The van der Waals surface area contributed by atoms with Crippen molar-refractivity contribution < 1.29 is 4.79 Å². The molecule has 4 nitrogen and oxygen atoms in total. The van der Waals surface area contributed by atoms with Crippen molar-refractivity contribution in [3.63, 3.8) is 0 Å². The largest absolute Gasteiger partial charge is 0.355 e. The van der Waals surface area contributed by atoms with Gasteiger partial charge >= 0.3 is 0 Å². The summed E-state index contributed by atoms with van der Waals surface area (Å²) in [5.74, 6) is 1.53. The first kappa shape index (κ1) is 15.9. The monoisotopic (exact) mass is 321 g/mol. The SMILES string of the molecule is Cc1nc(CCNC(=O)C2CC3CCCC(C2)C3N)sc1C. The summed E-state index contributed by atoms with van der Waals surface area (Å²) in [6.45, 7) is 4.83. The summed E-state index contributed by atoms with van der Waals surface area (Å²) < 4.78 is 0. The number of nitrogens with zero attached hydrogens (tertiary/aromatic N) is 1. The number of nitrogens with two attached hydrogens (primary N) is 1. The molecule has 0 spiro atoms. The molecule has 122 valence electrons. The van der Waals surface area contributed by atoms with Crippen LogP contribution < -0.4 is 11.1 Å². The Kier molecular flexibility index (Phi) is 4.83. The number of hydrogen-bond acceptors (Lipinski definition) is 4. The molecule has 0 radical (unpaired) electrons. The number of aromatic nitrogens is 1. The lowest BCUT2D eigenvalue weighted by Crippen LogP contribution is -2.49. The van der Waals surface area contributed by atoms with Crippen LogP contribution in [-0.2, 0) is 11.2 Å². The van der Waals surface area contributed by atoms with Gasteiger partial charge in [0.05, 0.1) is 10.7 Å². The molecule has 1 amide bonds. The van der Waals surface area contributed by atoms with Gasteiger partial charge in [0, 0.05) is 29.8 Å². The fourth-order valence-electron chi connectivity index (χ4n) is 4.09. The van der Waals surface area contributed by atoms with Gasteiger partial charge in [0.25, 0.3) is 0 Å². The summed E-state index contributed by atoms with van der Waals surface area (Å²) >= 11 is 1.74. The lowest BCUT2D eigenvalue weighted by Gasteiger charge is -2.43. The molecule has 0 saturated heterocycles. The van der Waals surface area contributed by atoms with Gasteiger partial charge in [-0.25, -0.2) is 4.98 Å². The van der Waals surface area contributed by atoms with Gasteiger partial charge in [0.15, 0.2) is 0 Å². The van der Waals surface area contributed by atoms with Crippen LogP contribution in [0.3, 0.4) is 0 Å². The zero-order valence-corrected chi connectivity index (χ0v) is 14.4. The number of nitrogens with one attached hydrogen (secondary N) is 1. The Balaban J connectivity index is 1.48. The van der Waals surface area contributed by atoms with Crippen LogP contribution in [0.4, 0.5) is 0 Å². The Morgan fingerprint density at radius 1 is 1.32 bits per heavy atom. The second-order valence-corrected chi connectivity index (χ2v) is 8.27. The molecule has 5 heteroatoms. The third kappa shape index (κ3) is 3.35. The van der Waals surface area contributed by atoms with E-state index in [-0.39, 0.29) is 11.8 Å². The van der Waals surface area contributed by atoms with Crippen LogP contribution in [0.1, 0.15) is 47.7 Å². The van der Waals surface area contributed by atoms with Crippen molar-refractivity contribution in [3.05, 3.63) is 15.6 Å². The van der Waals surface area contributed by atoms with E-state index >= 15 is 0 Å². The predicted octanol–water partition coefficient (Wildman–Crippen LogP) is 2.57. The van der Waals surface area contributed by atoms with Crippen molar-refractivity contribution in [2.45, 2.75) is 58.4 Å². The quantitative estimate of drug-likeness (QED) is 0.895. The molecule has 1 aromatic heterocycles. The lowest BCUT2D eigenvalue weighted by atomic mass is 9.65. The fourth-order valence-corrected chi connectivity index (χ4v) is 5.02. The Morgan fingerprint density at radius 3 is 2.59 bits per heavy atom. The molecule has 2 bridgehead atoms. The number of aryl methyl sites for hydroxylation is 2. The zero-order valence-electron chi connectivity index (χ0n) is 13.6. The van der Waals surface area contributed by atoms with Crippen molar-refractivity contribution in [1.82, 2.24) is 10.3 Å². The molecular weight excluding hydrogens is 294 g/mol. The van der Waals surface area contributed by atoms with Gasteiger partial charge < -0.3 is 11.1 Å². The molecule has 3 N–H and O–H groups in total. The number of rotatable bonds is 4. The van der Waals surface area contributed by atoms with Gasteiger partial charge in [-0.05, 0) is 51.4 Å². The second kappa shape index (κ2) is 6.67. The summed E-state index contributed by atoms with van der Waals surface area (Å²) in [6, 6.07) is 0.332. The van der Waals surface area contributed by atoms with Gasteiger partial charge in [-0.3, -0.25) is 4.79 Å². The summed E-state index contributed by atoms with van der Waals surface area (Å²) in [7, 11) is 0. The Morgan fingerprint density at radius 2 is 2.00 bits per heavy atom. The average molecular weight is 321 g/mol. The molecule has 2 aliphatic rings. The number of hydrogen-bond donors (Lipinski definition) is 2. The topological polar surface area (TPSA) is 68.0 Å². The first-order valence-corrected chi connectivity index (χ1v) is 9.32. The highest BCUT2D eigenvalue weighted by Crippen LogP contribution is 2.41. The van der Waals surface area contributed by atoms with E-state index in [1.54, 1.807) is 11.3 Å². The molecule has 0 aliphatic heterocycles. The molecule has 0 aromatic carbocycles. The van der Waals surface area contributed by atoms with Crippen molar-refractivity contribution in [2.75, 3.05) is 6.54 Å². The number of carbonyl (C=O) groups is 1. The second-order valence-electron chi connectivity index (χ2n) is 6.99. The van der Waals surface area contributed by atoms with Crippen LogP contribution >= 0.6 is 11.3 Å². The minimum absolute atomic E-state index is 0.176. The van der Waals surface area contributed by atoms with Crippen LogP contribution in [0, 0.1) is 31.6 Å². The van der Waals surface area contributed by atoms with Crippen LogP contribution in [0.5, 0.6) is 0 Å². The standard InChI is InChI=1S/C17H27N3OS/c1-10-11(2)22-15(20-10)6-7-19-17(21)14-8-12-4-3-5-13(9-14)16(12)18/h12-14,16H,3-9,18H2,1-2H3,(H,19,21). The highest BCUT2D eigenvalue weighted by molar-refractivity contribution is 7.11. The van der Waals surface area contributed by atoms with Crippen LogP contribution in [0.2, 0.25) is 0 Å². The maximum Gasteiger partial charge on any atom is 0.223 e. The highest BCUT2D eigenvalue weighted by atomic mass is 32.1.